The molecule has 0 N–H and O–H groups in total. The van der Waals surface area contributed by atoms with E-state index in [4.69, 9.17) is 4.74 Å². The summed E-state index contributed by atoms with van der Waals surface area (Å²) in [6, 6.07) is 55.9. The number of ether oxygens (including phenoxy) is 1. The topological polar surface area (TPSA) is 9.23 Å². The zero-order valence-electron chi connectivity index (χ0n) is 27.8. The van der Waals surface area contributed by atoms with Crippen LogP contribution < -0.4 is 4.74 Å². The first-order valence-corrected chi connectivity index (χ1v) is 17.2. The Labute approximate surface area is 286 Å². The number of hydrogen-bond donors (Lipinski definition) is 0. The zero-order valence-corrected chi connectivity index (χ0v) is 27.8. The molecule has 1 aliphatic heterocycles. The van der Waals surface area contributed by atoms with Crippen molar-refractivity contribution in [1.82, 2.24) is 0 Å². The van der Waals surface area contributed by atoms with Crippen molar-refractivity contribution in [1.29, 1.82) is 0 Å². The van der Waals surface area contributed by atoms with Crippen molar-refractivity contribution < 1.29 is 4.74 Å². The van der Waals surface area contributed by atoms with E-state index in [0.717, 1.165) is 28.2 Å². The zero-order chi connectivity index (χ0) is 32.9. The maximum atomic E-state index is 6.82. The average Bonchev–Trinajstić information content (AvgIpc) is 3.13. The van der Waals surface area contributed by atoms with Gasteiger partial charge in [0, 0.05) is 16.5 Å². The fourth-order valence-corrected chi connectivity index (χ4v) is 7.92. The van der Waals surface area contributed by atoms with Gasteiger partial charge in [0.1, 0.15) is 11.5 Å². The highest BCUT2D eigenvalue weighted by Gasteiger charge is 2.24. The van der Waals surface area contributed by atoms with Gasteiger partial charge in [-0.05, 0) is 106 Å². The molecule has 0 saturated carbocycles. The summed E-state index contributed by atoms with van der Waals surface area (Å²) in [4.78, 5) is 0. The van der Waals surface area contributed by atoms with Crippen molar-refractivity contribution in [3.63, 3.8) is 0 Å². The maximum absolute atomic E-state index is 6.82. The highest BCUT2D eigenvalue weighted by molar-refractivity contribution is 6.17. The highest BCUT2D eigenvalue weighted by Crippen LogP contribution is 2.51. The Morgan fingerprint density at radius 1 is 0.388 bits per heavy atom. The third kappa shape index (κ3) is 4.39. The van der Waals surface area contributed by atoms with Gasteiger partial charge in [0.15, 0.2) is 0 Å². The molecule has 1 aliphatic rings. The van der Waals surface area contributed by atoms with E-state index in [1.165, 1.54) is 76.1 Å². The van der Waals surface area contributed by atoms with Gasteiger partial charge in [-0.2, -0.15) is 0 Å². The second-order valence-corrected chi connectivity index (χ2v) is 14.6. The summed E-state index contributed by atoms with van der Waals surface area (Å²) in [6.45, 7) is 6.83. The average molecular weight is 627 g/mol. The molecule has 9 aromatic rings. The van der Waals surface area contributed by atoms with Gasteiger partial charge in [-0.15, -0.1) is 0 Å². The summed E-state index contributed by atoms with van der Waals surface area (Å²) in [7, 11) is 0. The van der Waals surface area contributed by atoms with Crippen LogP contribution in [0.15, 0.2) is 152 Å². The van der Waals surface area contributed by atoms with Crippen LogP contribution in [-0.4, -0.2) is 0 Å². The third-order valence-electron chi connectivity index (χ3n) is 10.6. The fourth-order valence-electron chi connectivity index (χ4n) is 7.92. The van der Waals surface area contributed by atoms with Crippen LogP contribution in [0.4, 0.5) is 0 Å². The molecule has 0 radical (unpaired) electrons. The largest absolute Gasteiger partial charge is 0.455 e. The van der Waals surface area contributed by atoms with Gasteiger partial charge in [0.05, 0.1) is 0 Å². The molecule has 0 bridgehead atoms. The molecule has 1 heterocycles. The lowest BCUT2D eigenvalue weighted by Gasteiger charge is -2.24. The van der Waals surface area contributed by atoms with E-state index < -0.39 is 0 Å². The first-order chi connectivity index (χ1) is 23.9. The number of benzene rings is 9. The monoisotopic (exact) mass is 626 g/mol. The standard InChI is InChI=1S/C48H34O/c1-48(2,3)37-22-23-39-36(26-37)20-15-29-14-16-33(27-44(29)39)31-17-18-32-25-35(21-19-30(32)24-31)40-10-6-13-43-42-12-7-11-41-38-9-5-4-8-34(38)28-45(46(41)42)49-47(40)43/h4-28H,1-3H3. The van der Waals surface area contributed by atoms with E-state index in [1.807, 2.05) is 0 Å². The molecule has 49 heavy (non-hydrogen) atoms. The minimum atomic E-state index is 0.123. The summed E-state index contributed by atoms with van der Waals surface area (Å²) in [5.41, 5.74) is 8.57. The van der Waals surface area contributed by atoms with Crippen LogP contribution in [0.25, 0.3) is 87.2 Å². The molecule has 10 rings (SSSR count). The smallest absolute Gasteiger partial charge is 0.143 e. The van der Waals surface area contributed by atoms with Crippen LogP contribution in [0.1, 0.15) is 26.3 Å². The molecular formula is C48H34O. The molecule has 0 atom stereocenters. The molecule has 1 nitrogen and oxygen atoms in total. The van der Waals surface area contributed by atoms with E-state index in [-0.39, 0.29) is 5.41 Å². The predicted molar refractivity (Wildman–Crippen MR) is 209 cm³/mol. The van der Waals surface area contributed by atoms with Gasteiger partial charge in [0.25, 0.3) is 0 Å². The molecule has 9 aromatic carbocycles. The van der Waals surface area contributed by atoms with Gasteiger partial charge in [0.2, 0.25) is 0 Å². The van der Waals surface area contributed by atoms with Gasteiger partial charge in [-0.1, -0.05) is 148 Å². The van der Waals surface area contributed by atoms with Crippen LogP contribution in [0.5, 0.6) is 11.5 Å². The molecule has 0 saturated heterocycles. The second kappa shape index (κ2) is 10.3. The predicted octanol–water partition coefficient (Wildman–Crippen LogP) is 13.9. The quantitative estimate of drug-likeness (QED) is 0.174. The van der Waals surface area contributed by atoms with E-state index in [1.54, 1.807) is 0 Å². The van der Waals surface area contributed by atoms with Crippen molar-refractivity contribution in [2.45, 2.75) is 26.2 Å². The van der Waals surface area contributed by atoms with E-state index in [0.29, 0.717) is 0 Å². The minimum absolute atomic E-state index is 0.123. The molecule has 0 fully saturated rings. The molecule has 0 spiro atoms. The van der Waals surface area contributed by atoms with Crippen molar-refractivity contribution >= 4 is 53.9 Å². The number of hydrogen-bond acceptors (Lipinski definition) is 1. The van der Waals surface area contributed by atoms with Crippen molar-refractivity contribution in [2.24, 2.45) is 0 Å². The minimum Gasteiger partial charge on any atom is -0.455 e. The maximum Gasteiger partial charge on any atom is 0.143 e. The van der Waals surface area contributed by atoms with Crippen LogP contribution in [0, 0.1) is 0 Å². The van der Waals surface area contributed by atoms with E-state index in [9.17, 15) is 0 Å². The molecule has 0 amide bonds. The van der Waals surface area contributed by atoms with Crippen LogP contribution in [0.2, 0.25) is 0 Å². The first-order valence-electron chi connectivity index (χ1n) is 17.2. The Bertz CT molecular complexity index is 2830. The molecular weight excluding hydrogens is 593 g/mol. The fraction of sp³-hybridized carbons (Fsp3) is 0.0833. The summed E-state index contributed by atoms with van der Waals surface area (Å²) in [6.07, 6.45) is 0. The molecule has 0 unspecified atom stereocenters. The normalized spacial score (nSPS) is 12.6. The number of para-hydroxylation sites is 1. The molecule has 1 heteroatoms. The lowest BCUT2D eigenvalue weighted by atomic mass is 9.85. The van der Waals surface area contributed by atoms with Crippen molar-refractivity contribution in [2.75, 3.05) is 0 Å². The van der Waals surface area contributed by atoms with Gasteiger partial charge in [-0.25, -0.2) is 0 Å². The molecule has 0 aliphatic carbocycles. The Balaban J connectivity index is 1.05. The molecule has 232 valence electrons. The SMILES string of the molecule is CC(C)(C)c1ccc2c(ccc3ccc(-c4ccc5cc(-c6cccc7c6Oc6cc8ccccc8c8cccc-7c68)ccc5c4)cc32)c1. The summed E-state index contributed by atoms with van der Waals surface area (Å²) in [5, 5.41) is 12.5. The summed E-state index contributed by atoms with van der Waals surface area (Å²) in [5.74, 6) is 1.85. The van der Waals surface area contributed by atoms with Gasteiger partial charge >= 0.3 is 0 Å². The van der Waals surface area contributed by atoms with Crippen LogP contribution in [-0.2, 0) is 5.41 Å². The summed E-state index contributed by atoms with van der Waals surface area (Å²) >= 11 is 0. The highest BCUT2D eigenvalue weighted by atomic mass is 16.5. The van der Waals surface area contributed by atoms with E-state index in [2.05, 4.69) is 172 Å². The van der Waals surface area contributed by atoms with Crippen LogP contribution in [0.3, 0.4) is 0 Å². The van der Waals surface area contributed by atoms with Crippen LogP contribution >= 0.6 is 0 Å². The Morgan fingerprint density at radius 3 is 1.86 bits per heavy atom. The van der Waals surface area contributed by atoms with Gasteiger partial charge < -0.3 is 4.74 Å². The second-order valence-electron chi connectivity index (χ2n) is 14.6. The lowest BCUT2D eigenvalue weighted by molar-refractivity contribution is 0.489. The third-order valence-corrected chi connectivity index (χ3v) is 10.6. The number of rotatable bonds is 2. The Morgan fingerprint density at radius 2 is 1.00 bits per heavy atom. The van der Waals surface area contributed by atoms with Crippen molar-refractivity contribution in [3.05, 3.63) is 157 Å². The number of fused-ring (bicyclic) bond motifs is 8. The molecule has 0 aromatic heterocycles. The van der Waals surface area contributed by atoms with E-state index >= 15 is 0 Å². The Kier molecular flexibility index (Phi) is 5.91. The first kappa shape index (κ1) is 28.1. The Hall–Kier alpha value is -5.92. The van der Waals surface area contributed by atoms with Gasteiger partial charge in [-0.3, -0.25) is 0 Å². The summed E-state index contributed by atoms with van der Waals surface area (Å²) < 4.78 is 6.82. The van der Waals surface area contributed by atoms with Crippen molar-refractivity contribution in [3.8, 4) is 44.9 Å². The lowest BCUT2D eigenvalue weighted by Crippen LogP contribution is -2.10.